The summed E-state index contributed by atoms with van der Waals surface area (Å²) < 4.78 is 18.5. The van der Waals surface area contributed by atoms with Crippen LogP contribution in [0.25, 0.3) is 16.5 Å². The van der Waals surface area contributed by atoms with E-state index >= 15 is 0 Å². The molecule has 0 saturated carbocycles. The van der Waals surface area contributed by atoms with E-state index < -0.39 is 17.7 Å². The van der Waals surface area contributed by atoms with Crippen LogP contribution in [0, 0.1) is 0 Å². The SMILES string of the molecule is CCCCOc1ccc([C@H]2/C(=C(\O)c3ccc4c(c3)C[C@@H](C)O4)C(=O)C(=O)N2c2nnc(SCc3cccc4ccccc34)s2)cc1OCC. The molecule has 5 aromatic rings. The van der Waals surface area contributed by atoms with Crippen LogP contribution in [0.4, 0.5) is 5.13 Å². The maximum Gasteiger partial charge on any atom is 0.301 e. The third-order valence-electron chi connectivity index (χ3n) is 8.79. The molecule has 1 fully saturated rings. The van der Waals surface area contributed by atoms with Gasteiger partial charge in [0.25, 0.3) is 5.78 Å². The first kappa shape index (κ1) is 33.6. The second-order valence-corrected chi connectivity index (χ2v) is 14.4. The summed E-state index contributed by atoms with van der Waals surface area (Å²) in [6, 6.07) is 24.1. The molecule has 50 heavy (non-hydrogen) atoms. The highest BCUT2D eigenvalue weighted by Crippen LogP contribution is 2.46. The Kier molecular flexibility index (Phi) is 9.78. The zero-order valence-electron chi connectivity index (χ0n) is 28.0. The molecule has 0 spiro atoms. The van der Waals surface area contributed by atoms with Crippen molar-refractivity contribution in [3.63, 3.8) is 0 Å². The predicted molar refractivity (Wildman–Crippen MR) is 196 cm³/mol. The van der Waals surface area contributed by atoms with Crippen molar-refractivity contribution in [1.29, 1.82) is 0 Å². The molecule has 4 aromatic carbocycles. The summed E-state index contributed by atoms with van der Waals surface area (Å²) in [7, 11) is 0. The maximum atomic E-state index is 13.9. The van der Waals surface area contributed by atoms with Gasteiger partial charge in [-0.15, -0.1) is 10.2 Å². The fourth-order valence-electron chi connectivity index (χ4n) is 6.39. The lowest BCUT2D eigenvalue weighted by atomic mass is 9.94. The number of amides is 1. The number of fused-ring (bicyclic) bond motifs is 2. The van der Waals surface area contributed by atoms with Gasteiger partial charge in [0.2, 0.25) is 5.13 Å². The molecule has 256 valence electrons. The molecular formula is C39H37N3O6S2. The van der Waals surface area contributed by atoms with Gasteiger partial charge in [-0.25, -0.2) is 0 Å². The van der Waals surface area contributed by atoms with E-state index in [1.165, 1.54) is 28.0 Å². The number of unbranched alkanes of at least 4 members (excludes halogenated alkanes) is 1. The molecular weight excluding hydrogens is 671 g/mol. The molecule has 0 bridgehead atoms. The lowest BCUT2D eigenvalue weighted by Gasteiger charge is -2.23. The Labute approximate surface area is 298 Å². The van der Waals surface area contributed by atoms with Crippen molar-refractivity contribution in [2.45, 2.75) is 62.3 Å². The van der Waals surface area contributed by atoms with E-state index in [4.69, 9.17) is 14.2 Å². The Bertz CT molecular complexity index is 2110. The topological polar surface area (TPSA) is 111 Å². The van der Waals surface area contributed by atoms with Crippen LogP contribution in [-0.4, -0.2) is 46.3 Å². The number of rotatable bonds is 12. The minimum atomic E-state index is -0.994. The molecule has 0 aliphatic carbocycles. The molecule has 11 heteroatoms. The van der Waals surface area contributed by atoms with Crippen molar-refractivity contribution in [2.75, 3.05) is 18.1 Å². The van der Waals surface area contributed by atoms with Gasteiger partial charge in [0, 0.05) is 17.7 Å². The molecule has 9 nitrogen and oxygen atoms in total. The van der Waals surface area contributed by atoms with Crippen molar-refractivity contribution < 1.29 is 28.9 Å². The Hall–Kier alpha value is -4.87. The van der Waals surface area contributed by atoms with E-state index in [1.54, 1.807) is 30.3 Å². The number of nitrogens with zero attached hydrogens (tertiary/aromatic N) is 3. The molecule has 1 N–H and O–H groups in total. The lowest BCUT2D eigenvalue weighted by molar-refractivity contribution is -0.132. The summed E-state index contributed by atoms with van der Waals surface area (Å²) in [4.78, 5) is 29.2. The zero-order valence-corrected chi connectivity index (χ0v) is 29.7. The smallest absolute Gasteiger partial charge is 0.301 e. The largest absolute Gasteiger partial charge is 0.507 e. The molecule has 7 rings (SSSR count). The first-order valence-electron chi connectivity index (χ1n) is 16.8. The first-order chi connectivity index (χ1) is 24.4. The van der Waals surface area contributed by atoms with E-state index in [1.807, 2.05) is 38.1 Å². The van der Waals surface area contributed by atoms with Crippen LogP contribution in [0.1, 0.15) is 61.9 Å². The van der Waals surface area contributed by atoms with E-state index in [-0.39, 0.29) is 22.6 Å². The Morgan fingerprint density at radius 1 is 1.00 bits per heavy atom. The Morgan fingerprint density at radius 3 is 2.68 bits per heavy atom. The molecule has 0 radical (unpaired) electrons. The van der Waals surface area contributed by atoms with Gasteiger partial charge in [0.1, 0.15) is 17.6 Å². The summed E-state index contributed by atoms with van der Waals surface area (Å²) in [6.45, 7) is 6.86. The Balaban J connectivity index is 1.27. The first-order valence-corrected chi connectivity index (χ1v) is 18.6. The summed E-state index contributed by atoms with van der Waals surface area (Å²) in [5, 5.41) is 23.2. The second-order valence-electron chi connectivity index (χ2n) is 12.2. The number of ketones is 1. The second kappa shape index (κ2) is 14.5. The lowest BCUT2D eigenvalue weighted by Crippen LogP contribution is -2.29. The van der Waals surface area contributed by atoms with Crippen molar-refractivity contribution in [3.05, 3.63) is 107 Å². The van der Waals surface area contributed by atoms with E-state index in [0.717, 1.165) is 40.5 Å². The number of benzene rings is 4. The van der Waals surface area contributed by atoms with Crippen molar-refractivity contribution >= 4 is 56.5 Å². The number of ether oxygens (including phenoxy) is 3. The Morgan fingerprint density at radius 2 is 1.84 bits per heavy atom. The number of aromatic nitrogens is 2. The number of anilines is 1. The highest BCUT2D eigenvalue weighted by molar-refractivity contribution is 8.00. The number of Topliss-reactive ketones (excluding diaryl/α,β-unsaturated/α-hetero) is 1. The number of aliphatic hydroxyl groups is 1. The van der Waals surface area contributed by atoms with Crippen LogP contribution >= 0.6 is 23.1 Å². The molecule has 2 aliphatic rings. The number of hydrogen-bond acceptors (Lipinski definition) is 10. The highest BCUT2D eigenvalue weighted by atomic mass is 32.2. The van der Waals surface area contributed by atoms with Crippen LogP contribution in [-0.2, 0) is 21.8 Å². The number of carbonyl (C=O) groups excluding carboxylic acids is 2. The summed E-state index contributed by atoms with van der Waals surface area (Å²) in [5.74, 6) is 0.575. The average Bonchev–Trinajstić information content (AvgIpc) is 3.82. The van der Waals surface area contributed by atoms with Gasteiger partial charge in [-0.3, -0.25) is 14.5 Å². The van der Waals surface area contributed by atoms with Gasteiger partial charge >= 0.3 is 5.91 Å². The third-order valence-corrected chi connectivity index (χ3v) is 10.9. The number of hydrogen-bond donors (Lipinski definition) is 1. The quantitative estimate of drug-likeness (QED) is 0.0341. The fourth-order valence-corrected chi connectivity index (χ4v) is 8.27. The summed E-state index contributed by atoms with van der Waals surface area (Å²) >= 11 is 2.75. The monoisotopic (exact) mass is 707 g/mol. The van der Waals surface area contributed by atoms with E-state index in [9.17, 15) is 14.7 Å². The van der Waals surface area contributed by atoms with Crippen LogP contribution in [0.5, 0.6) is 17.2 Å². The standard InChI is InChI=1S/C39H37N3O6S2/c1-4-6-18-47-31-17-14-25(21-32(31)46-5-2)34-33(35(43)26-15-16-30-28(20-26)19-23(3)48-30)36(44)37(45)42(34)38-40-41-39(50-38)49-22-27-12-9-11-24-10-7-8-13-29(24)27/h7-17,20-21,23,34,43H,4-6,18-19,22H2,1-3H3/b35-33+/t23-,34+/m1/s1. The van der Waals surface area contributed by atoms with Gasteiger partial charge in [-0.1, -0.05) is 85.0 Å². The van der Waals surface area contributed by atoms with Crippen LogP contribution in [0.3, 0.4) is 0 Å². The fraction of sp³-hybridized carbons (Fsp3) is 0.282. The minimum absolute atomic E-state index is 0.00750. The average molecular weight is 708 g/mol. The molecule has 1 saturated heterocycles. The molecule has 3 heterocycles. The minimum Gasteiger partial charge on any atom is -0.507 e. The summed E-state index contributed by atoms with van der Waals surface area (Å²) in [5.41, 5.74) is 3.04. The van der Waals surface area contributed by atoms with E-state index in [2.05, 4.69) is 41.4 Å². The molecule has 2 atom stereocenters. The van der Waals surface area contributed by atoms with Crippen LogP contribution < -0.4 is 19.1 Å². The highest BCUT2D eigenvalue weighted by Gasteiger charge is 2.48. The van der Waals surface area contributed by atoms with Gasteiger partial charge in [-0.2, -0.15) is 0 Å². The van der Waals surface area contributed by atoms with Crippen molar-refractivity contribution in [2.24, 2.45) is 0 Å². The molecule has 1 aromatic heterocycles. The van der Waals surface area contributed by atoms with Crippen LogP contribution in [0.15, 0.2) is 88.8 Å². The number of carbonyl (C=O) groups is 2. The summed E-state index contributed by atoms with van der Waals surface area (Å²) in [6.07, 6.45) is 2.55. The van der Waals surface area contributed by atoms with Gasteiger partial charge in [0.05, 0.1) is 24.8 Å². The van der Waals surface area contributed by atoms with E-state index in [0.29, 0.717) is 52.4 Å². The molecule has 1 amide bonds. The van der Waals surface area contributed by atoms with Crippen molar-refractivity contribution in [1.82, 2.24) is 10.2 Å². The van der Waals surface area contributed by atoms with Crippen LogP contribution in [0.2, 0.25) is 0 Å². The number of thioether (sulfide) groups is 1. The normalized spacial score (nSPS) is 18.0. The number of aliphatic hydroxyl groups excluding tert-OH is 1. The third kappa shape index (κ3) is 6.55. The predicted octanol–water partition coefficient (Wildman–Crippen LogP) is 8.51. The van der Waals surface area contributed by atoms with Gasteiger partial charge in [0.15, 0.2) is 15.8 Å². The van der Waals surface area contributed by atoms with Crippen molar-refractivity contribution in [3.8, 4) is 17.2 Å². The zero-order chi connectivity index (χ0) is 34.8. The van der Waals surface area contributed by atoms with Gasteiger partial charge < -0.3 is 19.3 Å². The van der Waals surface area contributed by atoms with Gasteiger partial charge in [-0.05, 0) is 78.1 Å². The maximum absolute atomic E-state index is 13.9. The molecule has 0 unspecified atom stereocenters. The molecule has 2 aliphatic heterocycles.